The van der Waals surface area contributed by atoms with E-state index in [0.29, 0.717) is 87.0 Å². The number of methoxy groups -OCH3 is 2. The Balaban J connectivity index is 0.000000194. The Morgan fingerprint density at radius 3 is 1.35 bits per heavy atom. The van der Waals surface area contributed by atoms with Crippen LogP contribution in [-0.4, -0.2) is 121 Å². The molecule has 0 aliphatic carbocycles. The van der Waals surface area contributed by atoms with Gasteiger partial charge in [0.2, 0.25) is 11.8 Å². The highest BCUT2D eigenvalue weighted by atomic mass is 35.5. The average molecular weight is 1140 g/mol. The molecule has 0 aromatic heterocycles. The Morgan fingerprint density at radius 1 is 0.537 bits per heavy atom. The summed E-state index contributed by atoms with van der Waals surface area (Å²) in [6.45, 7) is 11.3. The molecule has 6 aromatic carbocycles. The number of hydrogen-bond acceptors (Lipinski definition) is 10. The number of urea groups is 2. The van der Waals surface area contributed by atoms with Crippen LogP contribution in [0, 0.1) is 6.92 Å². The second-order valence-corrected chi connectivity index (χ2v) is 21.5. The molecule has 6 amide bonds. The van der Waals surface area contributed by atoms with E-state index >= 15 is 0 Å². The second-order valence-electron chi connectivity index (χ2n) is 20.2. The zero-order valence-corrected chi connectivity index (χ0v) is 47.8. The zero-order chi connectivity index (χ0) is 56.8. The van der Waals surface area contributed by atoms with Gasteiger partial charge in [0.25, 0.3) is 0 Å². The molecule has 0 radical (unpaired) electrons. The van der Waals surface area contributed by atoms with E-state index in [2.05, 4.69) is 16.7 Å². The van der Waals surface area contributed by atoms with E-state index in [9.17, 15) is 19.2 Å². The third-order valence-corrected chi connectivity index (χ3v) is 14.5. The number of rotatable bonds is 12. The lowest BCUT2D eigenvalue weighted by Crippen LogP contribution is -2.55. The molecule has 80 heavy (non-hydrogen) atoms. The van der Waals surface area contributed by atoms with Crippen LogP contribution < -0.4 is 29.6 Å². The van der Waals surface area contributed by atoms with E-state index in [1.807, 2.05) is 138 Å². The molecule has 6 aromatic rings. The van der Waals surface area contributed by atoms with Crippen molar-refractivity contribution in [3.63, 3.8) is 0 Å². The maximum atomic E-state index is 14.4. The molecule has 0 unspecified atom stereocenters. The molecule has 2 fully saturated rings. The van der Waals surface area contributed by atoms with Gasteiger partial charge in [0.1, 0.15) is 59.8 Å². The number of ether oxygens (including phenoxy) is 4. The fourth-order valence-corrected chi connectivity index (χ4v) is 10.6. The van der Waals surface area contributed by atoms with Crippen molar-refractivity contribution in [2.45, 2.75) is 71.0 Å². The van der Waals surface area contributed by atoms with Crippen molar-refractivity contribution >= 4 is 70.4 Å². The molecular weight excluding hydrogens is 1080 g/mol. The molecule has 0 saturated carbocycles. The number of amidine groups is 2. The van der Waals surface area contributed by atoms with Crippen LogP contribution in [0.1, 0.15) is 90.8 Å². The highest BCUT2D eigenvalue weighted by Gasteiger charge is 2.47. The number of aliphatic imine (C=N–C) groups is 2. The summed E-state index contributed by atoms with van der Waals surface area (Å²) in [5.41, 5.74) is 5.92. The van der Waals surface area contributed by atoms with Crippen LogP contribution in [0.3, 0.4) is 0 Å². The lowest BCUT2D eigenvalue weighted by Gasteiger charge is -2.36. The van der Waals surface area contributed by atoms with Gasteiger partial charge in [-0.15, -0.1) is 0 Å². The summed E-state index contributed by atoms with van der Waals surface area (Å²) in [4.78, 5) is 70.2. The van der Waals surface area contributed by atoms with E-state index in [1.54, 1.807) is 58.1 Å². The number of halogens is 3. The van der Waals surface area contributed by atoms with E-state index < -0.39 is 24.2 Å². The van der Waals surface area contributed by atoms with Crippen molar-refractivity contribution in [1.29, 1.82) is 0 Å². The molecule has 2 saturated heterocycles. The van der Waals surface area contributed by atoms with Gasteiger partial charge in [-0.3, -0.25) is 29.4 Å². The topological polar surface area (TPSA) is 167 Å². The molecule has 2 N–H and O–H groups in total. The SMILES string of the molecule is COc1ccc(C2=N[C@@H](c3cccc(C)c3)[C@@H](c3ccc(Cl)cc3)N2C(=O)N2CCNC(=O)C2)c(OC(C)C)c1.COc1ccc(C2=N[C@@H](c3cccc(Cl)c3)[C@@H](c3ccc(Cl)cc3)N2C(=O)N2CCNC(=O)C2)c(OC(C)C)c1. The number of carbonyl (C=O) groups is 4. The van der Waals surface area contributed by atoms with Crippen LogP contribution in [0.5, 0.6) is 23.0 Å². The van der Waals surface area contributed by atoms with Crippen molar-refractivity contribution < 1.29 is 38.1 Å². The Kier molecular flexibility index (Phi) is 17.9. The first-order valence-corrected chi connectivity index (χ1v) is 27.5. The van der Waals surface area contributed by atoms with Crippen molar-refractivity contribution in [1.82, 2.24) is 30.2 Å². The van der Waals surface area contributed by atoms with Gasteiger partial charge in [-0.2, -0.15) is 0 Å². The quantitative estimate of drug-likeness (QED) is 0.122. The standard InChI is InChI=1S/C31H33ClN4O4.C30H30Cl2N4O4/c1-19(2)40-26-17-24(39-4)12-13-25(26)30-34-28(22-7-5-6-20(3)16-22)29(21-8-10-23(32)11-9-21)36(30)31(38)35-15-14-33-27(37)18-35;1-18(2)40-25-16-23(39-3)11-12-24(25)29-34-27(20-5-4-6-22(32)15-20)28(19-7-9-21(31)10-8-19)36(29)30(38)35-14-13-33-26(37)17-35/h5-13,16-17,19,28-29H,14-15,18H2,1-4H3,(H,33,37);4-12,15-16,18,27-28H,13-14,17H2,1-3H3,(H,33,37)/t28-,29+;27-,28+/m00/s1. The first kappa shape index (κ1) is 56.9. The van der Waals surface area contributed by atoms with E-state index in [1.165, 1.54) is 0 Å². The average Bonchev–Trinajstić information content (AvgIpc) is 4.16. The fraction of sp³-hybridized carbons (Fsp3) is 0.311. The Bertz CT molecular complexity index is 3100. The van der Waals surface area contributed by atoms with Gasteiger partial charge in [0.15, 0.2) is 0 Å². The monoisotopic (exact) mass is 1140 g/mol. The van der Waals surface area contributed by atoms with Gasteiger partial charge in [0.05, 0.1) is 49.6 Å². The molecule has 0 bridgehead atoms. The van der Waals surface area contributed by atoms with Crippen LogP contribution in [-0.2, 0) is 9.59 Å². The molecule has 0 spiro atoms. The minimum Gasteiger partial charge on any atom is -0.497 e. The van der Waals surface area contributed by atoms with E-state index in [-0.39, 0.29) is 49.2 Å². The summed E-state index contributed by atoms with van der Waals surface area (Å²) in [7, 11) is 3.19. The number of hydrogen-bond donors (Lipinski definition) is 2. The van der Waals surface area contributed by atoms with E-state index in [4.69, 9.17) is 63.7 Å². The molecule has 4 aliphatic heterocycles. The number of benzene rings is 6. The van der Waals surface area contributed by atoms with Crippen LogP contribution in [0.15, 0.2) is 143 Å². The lowest BCUT2D eigenvalue weighted by atomic mass is 9.93. The summed E-state index contributed by atoms with van der Waals surface area (Å²) in [5, 5.41) is 7.34. The fourth-order valence-electron chi connectivity index (χ4n) is 10.2. The molecule has 19 heteroatoms. The molecule has 10 rings (SSSR count). The second kappa shape index (κ2) is 25.1. The zero-order valence-electron chi connectivity index (χ0n) is 45.5. The smallest absolute Gasteiger partial charge is 0.326 e. The van der Waals surface area contributed by atoms with Crippen LogP contribution in [0.25, 0.3) is 0 Å². The summed E-state index contributed by atoms with van der Waals surface area (Å²) < 4.78 is 23.3. The Hall–Kier alpha value is -7.79. The minimum atomic E-state index is -0.544. The predicted octanol–water partition coefficient (Wildman–Crippen LogP) is 11.4. The summed E-state index contributed by atoms with van der Waals surface area (Å²) in [5.74, 6) is 2.84. The van der Waals surface area contributed by atoms with Gasteiger partial charge in [0, 0.05) is 53.4 Å². The van der Waals surface area contributed by atoms with Gasteiger partial charge >= 0.3 is 12.1 Å². The van der Waals surface area contributed by atoms with Crippen molar-refractivity contribution in [3.05, 3.63) is 187 Å². The predicted molar refractivity (Wildman–Crippen MR) is 311 cm³/mol. The van der Waals surface area contributed by atoms with Crippen molar-refractivity contribution in [2.24, 2.45) is 9.98 Å². The van der Waals surface area contributed by atoms with Gasteiger partial charge in [-0.1, -0.05) is 101 Å². The summed E-state index contributed by atoms with van der Waals surface area (Å²) in [6.07, 6.45) is -0.263. The number of piperazine rings is 2. The van der Waals surface area contributed by atoms with Crippen LogP contribution in [0.2, 0.25) is 15.1 Å². The van der Waals surface area contributed by atoms with Crippen molar-refractivity contribution in [2.75, 3.05) is 53.5 Å². The lowest BCUT2D eigenvalue weighted by molar-refractivity contribution is -0.124. The largest absolute Gasteiger partial charge is 0.497 e. The minimum absolute atomic E-state index is 0.0248. The van der Waals surface area contributed by atoms with Crippen molar-refractivity contribution in [3.8, 4) is 23.0 Å². The van der Waals surface area contributed by atoms with Gasteiger partial charge < -0.3 is 39.4 Å². The molecular formula is C61H63Cl3N8O8. The Morgan fingerprint density at radius 2 is 0.963 bits per heavy atom. The van der Waals surface area contributed by atoms with E-state index in [0.717, 1.165) is 27.8 Å². The molecule has 16 nitrogen and oxygen atoms in total. The number of amides is 6. The third kappa shape index (κ3) is 12.8. The molecule has 4 atom stereocenters. The van der Waals surface area contributed by atoms with Crippen LogP contribution in [0.4, 0.5) is 9.59 Å². The first-order chi connectivity index (χ1) is 38.5. The van der Waals surface area contributed by atoms with Gasteiger partial charge in [-0.05, 0) is 118 Å². The van der Waals surface area contributed by atoms with Gasteiger partial charge in [-0.25, -0.2) is 9.59 Å². The summed E-state index contributed by atoms with van der Waals surface area (Å²) >= 11 is 18.9. The highest BCUT2D eigenvalue weighted by Crippen LogP contribution is 2.48. The summed E-state index contributed by atoms with van der Waals surface area (Å²) in [6, 6.07) is 38.9. The third-order valence-electron chi connectivity index (χ3n) is 13.7. The highest BCUT2D eigenvalue weighted by molar-refractivity contribution is 6.31. The first-order valence-electron chi connectivity index (χ1n) is 26.4. The molecule has 4 heterocycles. The van der Waals surface area contributed by atoms with Crippen LogP contribution >= 0.6 is 34.8 Å². The normalized spacial score (nSPS) is 18.9. The molecule has 416 valence electrons. The number of nitrogens with zero attached hydrogens (tertiary/aromatic N) is 6. The number of carbonyl (C=O) groups excluding carboxylic acids is 4. The molecule has 4 aliphatic rings. The Labute approximate surface area is 481 Å². The maximum Gasteiger partial charge on any atom is 0.326 e. The maximum absolute atomic E-state index is 14.4. The number of nitrogens with one attached hydrogen (secondary N) is 2. The number of aryl methyl sites for hydroxylation is 1.